The van der Waals surface area contributed by atoms with E-state index in [0.29, 0.717) is 5.92 Å². The summed E-state index contributed by atoms with van der Waals surface area (Å²) in [4.78, 5) is 0. The molecule has 1 saturated heterocycles. The number of hydrogen-bond donors (Lipinski definition) is 1. The summed E-state index contributed by atoms with van der Waals surface area (Å²) in [5.74, 6) is 0.212. The summed E-state index contributed by atoms with van der Waals surface area (Å²) < 4.78 is 18.6. The van der Waals surface area contributed by atoms with E-state index in [1.807, 2.05) is 6.07 Å². The maximum absolute atomic E-state index is 13.4. The number of methoxy groups -OCH3 is 1. The van der Waals surface area contributed by atoms with Crippen LogP contribution in [0.25, 0.3) is 0 Å². The van der Waals surface area contributed by atoms with Crippen molar-refractivity contribution in [2.75, 3.05) is 26.8 Å². The van der Waals surface area contributed by atoms with Gasteiger partial charge in [0.15, 0.2) is 0 Å². The van der Waals surface area contributed by atoms with Crippen LogP contribution in [-0.4, -0.2) is 26.8 Å². The lowest BCUT2D eigenvalue weighted by Crippen LogP contribution is -2.42. The van der Waals surface area contributed by atoms with E-state index in [1.165, 1.54) is 6.07 Å². The van der Waals surface area contributed by atoms with Gasteiger partial charge in [0.1, 0.15) is 5.82 Å². The Kier molecular flexibility index (Phi) is 4.36. The fourth-order valence-electron chi connectivity index (χ4n) is 2.92. The molecular weight excluding hydrogens is 229 g/mol. The molecule has 1 aromatic rings. The highest BCUT2D eigenvalue weighted by atomic mass is 19.1. The molecule has 18 heavy (non-hydrogen) atoms. The molecule has 2 unspecified atom stereocenters. The standard InChI is InChI=1S/C15H22FNO/c1-15(7-9-18-2)6-8-17-11-14(15)12-4-3-5-13(16)10-12/h3-5,10,14,17H,6-9,11H2,1-2H3. The smallest absolute Gasteiger partial charge is 0.123 e. The normalized spacial score (nSPS) is 28.3. The second-order valence-corrected chi connectivity index (χ2v) is 5.46. The van der Waals surface area contributed by atoms with E-state index in [2.05, 4.69) is 12.2 Å². The van der Waals surface area contributed by atoms with E-state index in [9.17, 15) is 4.39 Å². The molecule has 1 aromatic carbocycles. The Morgan fingerprint density at radius 3 is 3.06 bits per heavy atom. The van der Waals surface area contributed by atoms with Gasteiger partial charge in [-0.3, -0.25) is 0 Å². The zero-order chi connectivity index (χ0) is 13.0. The highest BCUT2D eigenvalue weighted by molar-refractivity contribution is 5.24. The number of nitrogens with one attached hydrogen (secondary N) is 1. The molecule has 1 heterocycles. The first-order chi connectivity index (χ1) is 8.65. The van der Waals surface area contributed by atoms with Gasteiger partial charge in [0, 0.05) is 26.2 Å². The maximum atomic E-state index is 13.4. The molecule has 0 bridgehead atoms. The van der Waals surface area contributed by atoms with Crippen molar-refractivity contribution in [1.29, 1.82) is 0 Å². The third-order valence-electron chi connectivity index (χ3n) is 4.19. The van der Waals surface area contributed by atoms with Crippen molar-refractivity contribution in [1.82, 2.24) is 5.32 Å². The number of halogens is 1. The maximum Gasteiger partial charge on any atom is 0.123 e. The van der Waals surface area contributed by atoms with Gasteiger partial charge in [-0.2, -0.15) is 0 Å². The molecule has 2 atom stereocenters. The van der Waals surface area contributed by atoms with Crippen LogP contribution in [0.1, 0.15) is 31.2 Å². The van der Waals surface area contributed by atoms with Gasteiger partial charge in [-0.15, -0.1) is 0 Å². The number of piperidine rings is 1. The van der Waals surface area contributed by atoms with E-state index < -0.39 is 0 Å². The molecular formula is C15H22FNO. The molecule has 0 spiro atoms. The van der Waals surface area contributed by atoms with Crippen LogP contribution in [0.4, 0.5) is 4.39 Å². The molecule has 1 fully saturated rings. The molecule has 0 amide bonds. The number of rotatable bonds is 4. The molecule has 1 N–H and O–H groups in total. The first kappa shape index (κ1) is 13.5. The molecule has 3 heteroatoms. The lowest BCUT2D eigenvalue weighted by atomic mass is 9.67. The van der Waals surface area contributed by atoms with Crippen LogP contribution in [0.5, 0.6) is 0 Å². The average molecular weight is 251 g/mol. The SMILES string of the molecule is COCCC1(C)CCNCC1c1cccc(F)c1. The first-order valence-corrected chi connectivity index (χ1v) is 6.61. The van der Waals surface area contributed by atoms with Crippen molar-refractivity contribution in [2.24, 2.45) is 5.41 Å². The number of hydrogen-bond acceptors (Lipinski definition) is 2. The molecule has 1 aliphatic rings. The first-order valence-electron chi connectivity index (χ1n) is 6.61. The lowest BCUT2D eigenvalue weighted by molar-refractivity contribution is 0.104. The van der Waals surface area contributed by atoms with Crippen molar-refractivity contribution in [3.63, 3.8) is 0 Å². The van der Waals surface area contributed by atoms with Crippen molar-refractivity contribution in [2.45, 2.75) is 25.7 Å². The van der Waals surface area contributed by atoms with Crippen LogP contribution in [0, 0.1) is 11.2 Å². The Hall–Kier alpha value is -0.930. The van der Waals surface area contributed by atoms with Crippen molar-refractivity contribution in [3.8, 4) is 0 Å². The summed E-state index contributed by atoms with van der Waals surface area (Å²) in [6.07, 6.45) is 2.13. The summed E-state index contributed by atoms with van der Waals surface area (Å²) in [6, 6.07) is 7.01. The van der Waals surface area contributed by atoms with E-state index in [-0.39, 0.29) is 11.2 Å². The summed E-state index contributed by atoms with van der Waals surface area (Å²) in [6.45, 7) is 5.01. The van der Waals surface area contributed by atoms with Crippen LogP contribution in [0.3, 0.4) is 0 Å². The molecule has 2 rings (SSSR count). The molecule has 1 aliphatic heterocycles. The van der Waals surface area contributed by atoms with E-state index >= 15 is 0 Å². The Labute approximate surface area is 109 Å². The van der Waals surface area contributed by atoms with Gasteiger partial charge in [-0.1, -0.05) is 19.1 Å². The van der Waals surface area contributed by atoms with Crippen LogP contribution in [0.15, 0.2) is 24.3 Å². The topological polar surface area (TPSA) is 21.3 Å². The second kappa shape index (κ2) is 5.81. The third-order valence-corrected chi connectivity index (χ3v) is 4.19. The zero-order valence-electron chi connectivity index (χ0n) is 11.2. The van der Waals surface area contributed by atoms with Gasteiger partial charge in [-0.25, -0.2) is 4.39 Å². The Morgan fingerprint density at radius 1 is 1.50 bits per heavy atom. The monoisotopic (exact) mass is 251 g/mol. The average Bonchev–Trinajstić information content (AvgIpc) is 2.37. The predicted octanol–water partition coefficient (Wildman–Crippen LogP) is 2.95. The van der Waals surface area contributed by atoms with Crippen molar-refractivity contribution >= 4 is 0 Å². The number of benzene rings is 1. The summed E-state index contributed by atoms with van der Waals surface area (Å²) in [5, 5.41) is 3.42. The minimum Gasteiger partial charge on any atom is -0.385 e. The lowest BCUT2D eigenvalue weighted by Gasteiger charge is -2.42. The van der Waals surface area contributed by atoms with Crippen LogP contribution in [-0.2, 0) is 4.74 Å². The molecule has 2 nitrogen and oxygen atoms in total. The van der Waals surface area contributed by atoms with Gasteiger partial charge in [-0.05, 0) is 42.5 Å². The van der Waals surface area contributed by atoms with Crippen molar-refractivity contribution in [3.05, 3.63) is 35.6 Å². The fourth-order valence-corrected chi connectivity index (χ4v) is 2.92. The van der Waals surface area contributed by atoms with E-state index in [0.717, 1.165) is 38.1 Å². The molecule has 0 saturated carbocycles. The van der Waals surface area contributed by atoms with Gasteiger partial charge >= 0.3 is 0 Å². The van der Waals surface area contributed by atoms with Gasteiger partial charge in [0.25, 0.3) is 0 Å². The van der Waals surface area contributed by atoms with Crippen molar-refractivity contribution < 1.29 is 9.13 Å². The molecule has 0 aromatic heterocycles. The Morgan fingerprint density at radius 2 is 2.33 bits per heavy atom. The van der Waals surface area contributed by atoms with Gasteiger partial charge < -0.3 is 10.1 Å². The Bertz CT molecular complexity index is 396. The summed E-state index contributed by atoms with van der Waals surface area (Å²) >= 11 is 0. The highest BCUT2D eigenvalue weighted by Crippen LogP contribution is 2.43. The molecule has 100 valence electrons. The van der Waals surface area contributed by atoms with E-state index in [4.69, 9.17) is 4.74 Å². The minimum atomic E-state index is -0.146. The highest BCUT2D eigenvalue weighted by Gasteiger charge is 2.37. The summed E-state index contributed by atoms with van der Waals surface area (Å²) in [7, 11) is 1.74. The third kappa shape index (κ3) is 2.90. The zero-order valence-corrected chi connectivity index (χ0v) is 11.2. The van der Waals surface area contributed by atoms with Gasteiger partial charge in [0.05, 0.1) is 0 Å². The fraction of sp³-hybridized carbons (Fsp3) is 0.600. The molecule has 0 radical (unpaired) electrons. The summed E-state index contributed by atoms with van der Waals surface area (Å²) in [5.41, 5.74) is 1.29. The van der Waals surface area contributed by atoms with Crippen LogP contribution in [0.2, 0.25) is 0 Å². The minimum absolute atomic E-state index is 0.146. The Balaban J connectivity index is 2.22. The quantitative estimate of drug-likeness (QED) is 0.888. The van der Waals surface area contributed by atoms with Crippen LogP contribution >= 0.6 is 0 Å². The second-order valence-electron chi connectivity index (χ2n) is 5.46. The number of ether oxygens (including phenoxy) is 1. The molecule has 0 aliphatic carbocycles. The largest absolute Gasteiger partial charge is 0.385 e. The van der Waals surface area contributed by atoms with E-state index in [1.54, 1.807) is 19.2 Å². The van der Waals surface area contributed by atoms with Gasteiger partial charge in [0.2, 0.25) is 0 Å². The predicted molar refractivity (Wildman–Crippen MR) is 71.2 cm³/mol. The van der Waals surface area contributed by atoms with Crippen LogP contribution < -0.4 is 5.32 Å².